The van der Waals surface area contributed by atoms with Crippen LogP contribution in [0.15, 0.2) is 48.4 Å². The number of fused-ring (bicyclic) bond motifs is 2. The molecule has 4 heteroatoms. The molecule has 0 saturated heterocycles. The van der Waals surface area contributed by atoms with E-state index in [1.54, 1.807) is 17.7 Å². The second-order valence-electron chi connectivity index (χ2n) is 4.72. The van der Waals surface area contributed by atoms with Crippen LogP contribution in [0.1, 0.15) is 5.56 Å². The van der Waals surface area contributed by atoms with Gasteiger partial charge < -0.3 is 0 Å². The monoisotopic (exact) mass is 277 g/mol. The zero-order valence-electron chi connectivity index (χ0n) is 10.9. The van der Waals surface area contributed by atoms with E-state index in [0.717, 1.165) is 26.9 Å². The van der Waals surface area contributed by atoms with Crippen molar-refractivity contribution in [2.45, 2.75) is 6.92 Å². The molecule has 4 aromatic rings. The van der Waals surface area contributed by atoms with Crippen molar-refractivity contribution in [2.75, 3.05) is 0 Å². The summed E-state index contributed by atoms with van der Waals surface area (Å²) in [5.74, 6) is 0. The van der Waals surface area contributed by atoms with E-state index in [1.807, 2.05) is 18.5 Å². The van der Waals surface area contributed by atoms with Crippen molar-refractivity contribution in [3.05, 3.63) is 53.9 Å². The Labute approximate surface area is 120 Å². The number of aromatic nitrogens is 3. The SMILES string of the molecule is Cc1csc2ncnc(-c3cccc4cnccc34)c12. The van der Waals surface area contributed by atoms with Gasteiger partial charge in [-0.3, -0.25) is 4.98 Å². The van der Waals surface area contributed by atoms with Gasteiger partial charge in [0.05, 0.1) is 5.69 Å². The van der Waals surface area contributed by atoms with Crippen molar-refractivity contribution in [1.29, 1.82) is 0 Å². The van der Waals surface area contributed by atoms with Crippen molar-refractivity contribution in [2.24, 2.45) is 0 Å². The number of pyridine rings is 1. The van der Waals surface area contributed by atoms with Gasteiger partial charge in [0, 0.05) is 28.7 Å². The summed E-state index contributed by atoms with van der Waals surface area (Å²) in [5, 5.41) is 5.59. The molecule has 0 aliphatic heterocycles. The quantitative estimate of drug-likeness (QED) is 0.523. The number of benzene rings is 1. The van der Waals surface area contributed by atoms with Gasteiger partial charge in [-0.05, 0) is 29.3 Å². The van der Waals surface area contributed by atoms with Crippen LogP contribution < -0.4 is 0 Å². The van der Waals surface area contributed by atoms with Crippen molar-refractivity contribution in [3.63, 3.8) is 0 Å². The first-order valence-corrected chi connectivity index (χ1v) is 7.24. The number of thiophene rings is 1. The Bertz CT molecular complexity index is 922. The standard InChI is InChI=1S/C16H11N3S/c1-10-8-20-16-14(10)15(18-9-19-16)13-4-2-3-11-7-17-6-5-12(11)13/h2-9H,1H3. The maximum Gasteiger partial charge on any atom is 0.127 e. The Kier molecular flexibility index (Phi) is 2.50. The van der Waals surface area contributed by atoms with Gasteiger partial charge in [0.25, 0.3) is 0 Å². The van der Waals surface area contributed by atoms with Gasteiger partial charge in [-0.2, -0.15) is 0 Å². The molecule has 0 N–H and O–H groups in total. The maximum atomic E-state index is 4.54. The Morgan fingerprint density at radius 2 is 2.05 bits per heavy atom. The van der Waals surface area contributed by atoms with Crippen LogP contribution >= 0.6 is 11.3 Å². The minimum atomic E-state index is 1.01. The van der Waals surface area contributed by atoms with E-state index in [2.05, 4.69) is 45.5 Å². The zero-order valence-corrected chi connectivity index (χ0v) is 11.7. The molecule has 0 radical (unpaired) electrons. The minimum absolute atomic E-state index is 1.01. The first kappa shape index (κ1) is 11.5. The molecule has 4 rings (SSSR count). The second kappa shape index (κ2) is 4.35. The molecule has 0 unspecified atom stereocenters. The molecule has 3 nitrogen and oxygen atoms in total. The summed E-state index contributed by atoms with van der Waals surface area (Å²) >= 11 is 1.66. The molecule has 3 heterocycles. The summed E-state index contributed by atoms with van der Waals surface area (Å²) in [6.07, 6.45) is 5.36. The van der Waals surface area contributed by atoms with Gasteiger partial charge in [0.15, 0.2) is 0 Å². The molecule has 0 fully saturated rings. The molecule has 0 saturated carbocycles. The average Bonchev–Trinajstić information content (AvgIpc) is 2.88. The van der Waals surface area contributed by atoms with E-state index in [-0.39, 0.29) is 0 Å². The Balaban J connectivity index is 2.14. The first-order valence-electron chi connectivity index (χ1n) is 6.36. The Morgan fingerprint density at radius 3 is 3.00 bits per heavy atom. The van der Waals surface area contributed by atoms with Crippen LogP contribution in [0.2, 0.25) is 0 Å². The van der Waals surface area contributed by atoms with Gasteiger partial charge in [-0.15, -0.1) is 11.3 Å². The molecule has 0 amide bonds. The second-order valence-corrected chi connectivity index (χ2v) is 5.58. The molecule has 96 valence electrons. The van der Waals surface area contributed by atoms with Crippen LogP contribution in [0.5, 0.6) is 0 Å². The summed E-state index contributed by atoms with van der Waals surface area (Å²) in [4.78, 5) is 14.1. The fourth-order valence-corrected chi connectivity index (χ4v) is 3.44. The normalized spacial score (nSPS) is 11.2. The van der Waals surface area contributed by atoms with Crippen molar-refractivity contribution >= 4 is 32.3 Å². The molecular formula is C16H11N3S. The Hall–Kier alpha value is -2.33. The highest BCUT2D eigenvalue weighted by atomic mass is 32.1. The highest BCUT2D eigenvalue weighted by molar-refractivity contribution is 7.17. The van der Waals surface area contributed by atoms with Crippen LogP contribution in [0.25, 0.3) is 32.2 Å². The highest BCUT2D eigenvalue weighted by Gasteiger charge is 2.12. The number of hydrogen-bond acceptors (Lipinski definition) is 4. The molecule has 0 aliphatic carbocycles. The van der Waals surface area contributed by atoms with Crippen molar-refractivity contribution in [3.8, 4) is 11.3 Å². The lowest BCUT2D eigenvalue weighted by atomic mass is 10.0. The predicted octanol–water partition coefficient (Wildman–Crippen LogP) is 4.21. The van der Waals surface area contributed by atoms with Crippen LogP contribution in [-0.2, 0) is 0 Å². The van der Waals surface area contributed by atoms with E-state index in [1.165, 1.54) is 10.9 Å². The molecule has 0 aliphatic rings. The number of aryl methyl sites for hydroxylation is 1. The summed E-state index contributed by atoms with van der Waals surface area (Å²) in [6.45, 7) is 2.11. The summed E-state index contributed by atoms with van der Waals surface area (Å²) < 4.78 is 0. The van der Waals surface area contributed by atoms with E-state index >= 15 is 0 Å². The van der Waals surface area contributed by atoms with Gasteiger partial charge >= 0.3 is 0 Å². The van der Waals surface area contributed by atoms with Crippen LogP contribution in [0, 0.1) is 6.92 Å². The van der Waals surface area contributed by atoms with Crippen LogP contribution in [0.4, 0.5) is 0 Å². The molecular weight excluding hydrogens is 266 g/mol. The Morgan fingerprint density at radius 1 is 1.10 bits per heavy atom. The fraction of sp³-hybridized carbons (Fsp3) is 0.0625. The largest absolute Gasteiger partial charge is 0.264 e. The molecule has 20 heavy (non-hydrogen) atoms. The van der Waals surface area contributed by atoms with E-state index < -0.39 is 0 Å². The first-order chi connectivity index (χ1) is 9.84. The molecule has 1 aromatic carbocycles. The highest BCUT2D eigenvalue weighted by Crippen LogP contribution is 2.34. The van der Waals surface area contributed by atoms with Crippen LogP contribution in [0.3, 0.4) is 0 Å². The summed E-state index contributed by atoms with van der Waals surface area (Å²) in [5.41, 5.74) is 3.37. The predicted molar refractivity (Wildman–Crippen MR) is 82.9 cm³/mol. The maximum absolute atomic E-state index is 4.54. The summed E-state index contributed by atoms with van der Waals surface area (Å²) in [6, 6.07) is 8.28. The third-order valence-electron chi connectivity index (χ3n) is 3.49. The van der Waals surface area contributed by atoms with Gasteiger partial charge in [0.2, 0.25) is 0 Å². The number of rotatable bonds is 1. The fourth-order valence-electron chi connectivity index (χ4n) is 2.55. The lowest BCUT2D eigenvalue weighted by molar-refractivity contribution is 1.23. The van der Waals surface area contributed by atoms with Gasteiger partial charge in [-0.25, -0.2) is 9.97 Å². The lowest BCUT2D eigenvalue weighted by Gasteiger charge is -2.07. The molecule has 0 atom stereocenters. The lowest BCUT2D eigenvalue weighted by Crippen LogP contribution is -1.89. The van der Waals surface area contributed by atoms with Crippen LogP contribution in [-0.4, -0.2) is 15.0 Å². The van der Waals surface area contributed by atoms with Gasteiger partial charge in [-0.1, -0.05) is 18.2 Å². The molecule has 0 spiro atoms. The van der Waals surface area contributed by atoms with E-state index in [0.29, 0.717) is 0 Å². The van der Waals surface area contributed by atoms with Gasteiger partial charge in [0.1, 0.15) is 11.2 Å². The third-order valence-corrected chi connectivity index (χ3v) is 4.49. The average molecular weight is 277 g/mol. The van der Waals surface area contributed by atoms with E-state index in [4.69, 9.17) is 0 Å². The summed E-state index contributed by atoms with van der Waals surface area (Å²) in [7, 11) is 0. The smallest absolute Gasteiger partial charge is 0.127 e. The van der Waals surface area contributed by atoms with Crippen molar-refractivity contribution in [1.82, 2.24) is 15.0 Å². The third kappa shape index (κ3) is 1.62. The number of hydrogen-bond donors (Lipinski definition) is 0. The van der Waals surface area contributed by atoms with Crippen molar-refractivity contribution < 1.29 is 0 Å². The topological polar surface area (TPSA) is 38.7 Å². The number of nitrogens with zero attached hydrogens (tertiary/aromatic N) is 3. The zero-order chi connectivity index (χ0) is 13.5. The molecule has 0 bridgehead atoms. The van der Waals surface area contributed by atoms with E-state index in [9.17, 15) is 0 Å². The molecule has 3 aromatic heterocycles. The minimum Gasteiger partial charge on any atom is -0.264 e.